The average molecular weight is 320 g/mol. The molecular formula is C16H20N2O3S. The molecule has 1 aromatic carbocycles. The Bertz CT molecular complexity index is 589. The lowest BCUT2D eigenvalue weighted by molar-refractivity contribution is -0.120. The van der Waals surface area contributed by atoms with Crippen LogP contribution in [0.3, 0.4) is 0 Å². The SMILES string of the molecule is CNC(=O)Cc1cccc(N2CC(CSC(C)=O)CC2=O)c1. The highest BCUT2D eigenvalue weighted by molar-refractivity contribution is 8.13. The molecular weight excluding hydrogens is 300 g/mol. The van der Waals surface area contributed by atoms with E-state index in [1.165, 1.54) is 11.8 Å². The molecule has 0 radical (unpaired) electrons. The van der Waals surface area contributed by atoms with Crippen LogP contribution in [0.1, 0.15) is 18.9 Å². The van der Waals surface area contributed by atoms with Gasteiger partial charge in [0.05, 0.1) is 6.42 Å². The number of hydrogen-bond donors (Lipinski definition) is 1. The number of amides is 2. The molecule has 1 aliphatic rings. The van der Waals surface area contributed by atoms with Gasteiger partial charge in [0.1, 0.15) is 0 Å². The second kappa shape index (κ2) is 7.45. The van der Waals surface area contributed by atoms with E-state index in [1.54, 1.807) is 18.9 Å². The fraction of sp³-hybridized carbons (Fsp3) is 0.438. The third-order valence-corrected chi connectivity index (χ3v) is 4.64. The molecule has 1 fully saturated rings. The van der Waals surface area contributed by atoms with Crippen molar-refractivity contribution >= 4 is 34.4 Å². The Labute approximate surface area is 134 Å². The summed E-state index contributed by atoms with van der Waals surface area (Å²) < 4.78 is 0. The first kappa shape index (κ1) is 16.5. The first-order chi connectivity index (χ1) is 10.5. The van der Waals surface area contributed by atoms with Crippen LogP contribution in [0.2, 0.25) is 0 Å². The van der Waals surface area contributed by atoms with Gasteiger partial charge in [-0.15, -0.1) is 0 Å². The maximum absolute atomic E-state index is 12.2. The first-order valence-electron chi connectivity index (χ1n) is 7.23. The summed E-state index contributed by atoms with van der Waals surface area (Å²) in [5, 5.41) is 2.67. The quantitative estimate of drug-likeness (QED) is 0.895. The lowest BCUT2D eigenvalue weighted by Crippen LogP contribution is -2.25. The molecule has 2 rings (SSSR count). The van der Waals surface area contributed by atoms with Crippen molar-refractivity contribution in [2.75, 3.05) is 24.2 Å². The predicted octanol–water partition coefficient (Wildman–Crippen LogP) is 1.61. The zero-order chi connectivity index (χ0) is 16.1. The van der Waals surface area contributed by atoms with Crippen LogP contribution in [0.5, 0.6) is 0 Å². The molecule has 1 N–H and O–H groups in total. The maximum Gasteiger partial charge on any atom is 0.227 e. The summed E-state index contributed by atoms with van der Waals surface area (Å²) in [7, 11) is 1.60. The predicted molar refractivity (Wildman–Crippen MR) is 87.8 cm³/mol. The molecule has 0 aliphatic carbocycles. The van der Waals surface area contributed by atoms with Gasteiger partial charge in [-0.2, -0.15) is 0 Å². The molecule has 1 unspecified atom stereocenters. The molecule has 1 atom stereocenters. The second-order valence-electron chi connectivity index (χ2n) is 5.40. The van der Waals surface area contributed by atoms with Crippen molar-refractivity contribution in [3.63, 3.8) is 0 Å². The van der Waals surface area contributed by atoms with Gasteiger partial charge < -0.3 is 10.2 Å². The van der Waals surface area contributed by atoms with Gasteiger partial charge in [0, 0.05) is 38.4 Å². The van der Waals surface area contributed by atoms with Crippen LogP contribution in [-0.4, -0.2) is 36.3 Å². The normalized spacial score (nSPS) is 17.6. The second-order valence-corrected chi connectivity index (χ2v) is 6.59. The van der Waals surface area contributed by atoms with Crippen LogP contribution < -0.4 is 10.2 Å². The summed E-state index contributed by atoms with van der Waals surface area (Å²) in [4.78, 5) is 36.4. The number of carbonyl (C=O) groups excluding carboxylic acids is 3. The summed E-state index contributed by atoms with van der Waals surface area (Å²) in [6, 6.07) is 7.50. The minimum absolute atomic E-state index is 0.0550. The standard InChI is InChI=1S/C16H20N2O3S/c1-11(19)22-10-13-8-16(21)18(9-13)14-5-3-4-12(6-14)7-15(20)17-2/h3-6,13H,7-10H2,1-2H3,(H,17,20). The summed E-state index contributed by atoms with van der Waals surface area (Å²) >= 11 is 1.27. The number of hydrogen-bond acceptors (Lipinski definition) is 4. The Morgan fingerprint density at radius 2 is 2.18 bits per heavy atom. The van der Waals surface area contributed by atoms with Crippen LogP contribution >= 0.6 is 11.8 Å². The summed E-state index contributed by atoms with van der Waals surface area (Å²) in [6.07, 6.45) is 0.774. The van der Waals surface area contributed by atoms with Crippen molar-refractivity contribution in [3.05, 3.63) is 29.8 Å². The molecule has 0 saturated carbocycles. The number of thioether (sulfide) groups is 1. The minimum atomic E-state index is -0.0550. The lowest BCUT2D eigenvalue weighted by atomic mass is 10.1. The number of benzene rings is 1. The number of nitrogens with zero attached hydrogens (tertiary/aromatic N) is 1. The molecule has 1 saturated heterocycles. The van der Waals surface area contributed by atoms with Crippen LogP contribution in [0.15, 0.2) is 24.3 Å². The highest BCUT2D eigenvalue weighted by Crippen LogP contribution is 2.28. The molecule has 1 heterocycles. The summed E-state index contributed by atoms with van der Waals surface area (Å²) in [5.41, 5.74) is 1.70. The van der Waals surface area contributed by atoms with Gasteiger partial charge >= 0.3 is 0 Å². The van der Waals surface area contributed by atoms with Crippen molar-refractivity contribution in [2.24, 2.45) is 5.92 Å². The third-order valence-electron chi connectivity index (χ3n) is 3.59. The Morgan fingerprint density at radius 3 is 2.86 bits per heavy atom. The van der Waals surface area contributed by atoms with Gasteiger partial charge in [0.25, 0.3) is 0 Å². The van der Waals surface area contributed by atoms with E-state index >= 15 is 0 Å². The molecule has 118 valence electrons. The number of rotatable bonds is 5. The van der Waals surface area contributed by atoms with Crippen LogP contribution in [0, 0.1) is 5.92 Å². The molecule has 22 heavy (non-hydrogen) atoms. The van der Waals surface area contributed by atoms with Gasteiger partial charge in [-0.25, -0.2) is 0 Å². The van der Waals surface area contributed by atoms with Gasteiger partial charge in [0.15, 0.2) is 5.12 Å². The van der Waals surface area contributed by atoms with Crippen molar-refractivity contribution in [2.45, 2.75) is 19.8 Å². The van der Waals surface area contributed by atoms with Crippen LogP contribution in [0.4, 0.5) is 5.69 Å². The van der Waals surface area contributed by atoms with Crippen LogP contribution in [0.25, 0.3) is 0 Å². The molecule has 0 bridgehead atoms. The summed E-state index contributed by atoms with van der Waals surface area (Å²) in [5.74, 6) is 0.894. The third kappa shape index (κ3) is 4.34. The van der Waals surface area contributed by atoms with Gasteiger partial charge in [-0.05, 0) is 23.6 Å². The highest BCUT2D eigenvalue weighted by Gasteiger charge is 2.30. The average Bonchev–Trinajstić information content (AvgIpc) is 2.86. The van der Waals surface area contributed by atoms with E-state index in [0.717, 1.165) is 11.3 Å². The molecule has 5 nitrogen and oxygen atoms in total. The topological polar surface area (TPSA) is 66.5 Å². The summed E-state index contributed by atoms with van der Waals surface area (Å²) in [6.45, 7) is 2.17. The van der Waals surface area contributed by atoms with E-state index in [1.807, 2.05) is 24.3 Å². The zero-order valence-electron chi connectivity index (χ0n) is 12.8. The molecule has 1 aliphatic heterocycles. The first-order valence-corrected chi connectivity index (χ1v) is 8.21. The fourth-order valence-corrected chi connectivity index (χ4v) is 3.18. The fourth-order valence-electron chi connectivity index (χ4n) is 2.49. The number of carbonyl (C=O) groups is 3. The largest absolute Gasteiger partial charge is 0.359 e. The number of likely N-dealkylation sites (N-methyl/N-ethyl adjacent to an activating group) is 1. The van der Waals surface area contributed by atoms with Gasteiger partial charge in [-0.1, -0.05) is 23.9 Å². The molecule has 0 aromatic heterocycles. The molecule has 0 spiro atoms. The number of nitrogens with one attached hydrogen (secondary N) is 1. The maximum atomic E-state index is 12.2. The monoisotopic (exact) mass is 320 g/mol. The smallest absolute Gasteiger partial charge is 0.227 e. The lowest BCUT2D eigenvalue weighted by Gasteiger charge is -2.17. The Morgan fingerprint density at radius 1 is 1.41 bits per heavy atom. The van der Waals surface area contributed by atoms with Crippen LogP contribution in [-0.2, 0) is 20.8 Å². The molecule has 1 aromatic rings. The zero-order valence-corrected chi connectivity index (χ0v) is 13.6. The van der Waals surface area contributed by atoms with Gasteiger partial charge in [0.2, 0.25) is 11.8 Å². The Balaban J connectivity index is 2.05. The van der Waals surface area contributed by atoms with E-state index in [9.17, 15) is 14.4 Å². The van der Waals surface area contributed by atoms with E-state index in [0.29, 0.717) is 25.1 Å². The van der Waals surface area contributed by atoms with Crippen molar-refractivity contribution < 1.29 is 14.4 Å². The van der Waals surface area contributed by atoms with Crippen molar-refractivity contribution in [3.8, 4) is 0 Å². The van der Waals surface area contributed by atoms with Crippen molar-refractivity contribution in [1.29, 1.82) is 0 Å². The minimum Gasteiger partial charge on any atom is -0.359 e. The van der Waals surface area contributed by atoms with Gasteiger partial charge in [-0.3, -0.25) is 14.4 Å². The van der Waals surface area contributed by atoms with Crippen molar-refractivity contribution in [1.82, 2.24) is 5.32 Å². The molecule has 6 heteroatoms. The van der Waals surface area contributed by atoms with E-state index < -0.39 is 0 Å². The highest BCUT2D eigenvalue weighted by atomic mass is 32.2. The van der Waals surface area contributed by atoms with E-state index in [-0.39, 0.29) is 22.8 Å². The van der Waals surface area contributed by atoms with E-state index in [4.69, 9.17) is 0 Å². The van der Waals surface area contributed by atoms with E-state index in [2.05, 4.69) is 5.32 Å². The Kier molecular flexibility index (Phi) is 5.60. The number of anilines is 1. The Hall–Kier alpha value is -1.82. The molecule has 2 amide bonds.